The Morgan fingerprint density at radius 3 is 2.54 bits per heavy atom. The second-order valence-corrected chi connectivity index (χ2v) is 11.3. The molecule has 1 fully saturated rings. The van der Waals surface area contributed by atoms with Crippen LogP contribution in [0.25, 0.3) is 5.69 Å². The molecule has 2 aromatic rings. The molecule has 0 saturated heterocycles. The predicted octanol–water partition coefficient (Wildman–Crippen LogP) is 2.17. The van der Waals surface area contributed by atoms with Gasteiger partial charge in [0, 0.05) is 31.1 Å². The van der Waals surface area contributed by atoms with Crippen LogP contribution in [-0.4, -0.2) is 58.6 Å². The standard InChI is InChI=1S/C28H38N6O5/c1-16-26-22(13-28(2,3)14-23(26)35)34(33-16)18-6-9-20(27(30)38)21(12-18)32-17-4-7-19(8-5-17)39-25(37)15-31-24(36)10-11-29/h6,9,12,17,19,32H,4-5,7-8,10-11,13-15,29H2,1-3H3,(H2,30,38)(H,31,36)/t17-,19-. The van der Waals surface area contributed by atoms with Crippen molar-refractivity contribution >= 4 is 29.3 Å². The average Bonchev–Trinajstić information content (AvgIpc) is 3.19. The molecule has 1 heterocycles. The van der Waals surface area contributed by atoms with Gasteiger partial charge in [-0.1, -0.05) is 13.8 Å². The van der Waals surface area contributed by atoms with Crippen LogP contribution in [0.4, 0.5) is 5.69 Å². The zero-order chi connectivity index (χ0) is 28.3. The van der Waals surface area contributed by atoms with Gasteiger partial charge in [0.1, 0.15) is 12.6 Å². The number of primary amides is 1. The monoisotopic (exact) mass is 538 g/mol. The van der Waals surface area contributed by atoms with E-state index in [9.17, 15) is 19.2 Å². The molecule has 1 aromatic carbocycles. The van der Waals surface area contributed by atoms with Gasteiger partial charge in [-0.25, -0.2) is 4.68 Å². The lowest BCUT2D eigenvalue weighted by atomic mass is 9.75. The molecule has 0 aliphatic heterocycles. The molecule has 1 saturated carbocycles. The van der Waals surface area contributed by atoms with Crippen LogP contribution in [0.15, 0.2) is 18.2 Å². The van der Waals surface area contributed by atoms with Crippen molar-refractivity contribution in [3.8, 4) is 5.69 Å². The van der Waals surface area contributed by atoms with Crippen molar-refractivity contribution in [3.05, 3.63) is 40.7 Å². The van der Waals surface area contributed by atoms with E-state index in [1.54, 1.807) is 12.1 Å². The van der Waals surface area contributed by atoms with Crippen molar-refractivity contribution in [2.24, 2.45) is 16.9 Å². The second-order valence-electron chi connectivity index (χ2n) is 11.3. The number of anilines is 1. The second kappa shape index (κ2) is 11.6. The number of nitrogens with two attached hydrogens (primary N) is 2. The molecule has 0 unspecified atom stereocenters. The summed E-state index contributed by atoms with van der Waals surface area (Å²) >= 11 is 0. The van der Waals surface area contributed by atoms with E-state index in [0.29, 0.717) is 48.2 Å². The van der Waals surface area contributed by atoms with E-state index in [4.69, 9.17) is 16.2 Å². The molecule has 39 heavy (non-hydrogen) atoms. The normalized spacial score (nSPS) is 20.2. The molecule has 11 heteroatoms. The molecule has 2 aliphatic carbocycles. The summed E-state index contributed by atoms with van der Waals surface area (Å²) in [5, 5.41) is 10.7. The molecule has 11 nitrogen and oxygen atoms in total. The third-order valence-corrected chi connectivity index (χ3v) is 7.37. The smallest absolute Gasteiger partial charge is 0.325 e. The number of aryl methyl sites for hydroxylation is 1. The minimum absolute atomic E-state index is 0.0475. The van der Waals surface area contributed by atoms with Crippen LogP contribution in [0, 0.1) is 12.3 Å². The number of nitrogens with one attached hydrogen (secondary N) is 2. The zero-order valence-corrected chi connectivity index (χ0v) is 22.8. The summed E-state index contributed by atoms with van der Waals surface area (Å²) in [4.78, 5) is 48.7. The number of nitrogens with zero attached hydrogens (tertiary/aromatic N) is 2. The number of ketones is 1. The summed E-state index contributed by atoms with van der Waals surface area (Å²) in [6.07, 6.45) is 3.87. The first-order chi connectivity index (χ1) is 18.5. The lowest BCUT2D eigenvalue weighted by molar-refractivity contribution is -0.150. The van der Waals surface area contributed by atoms with Crippen LogP contribution in [0.3, 0.4) is 0 Å². The number of amides is 2. The number of hydrogen-bond acceptors (Lipinski definition) is 8. The third-order valence-electron chi connectivity index (χ3n) is 7.37. The first-order valence-corrected chi connectivity index (χ1v) is 13.5. The Morgan fingerprint density at radius 2 is 1.87 bits per heavy atom. The van der Waals surface area contributed by atoms with Gasteiger partial charge in [0.15, 0.2) is 5.78 Å². The molecule has 0 atom stereocenters. The van der Waals surface area contributed by atoms with E-state index in [2.05, 4.69) is 29.6 Å². The quantitative estimate of drug-likeness (QED) is 0.352. The average molecular weight is 539 g/mol. The van der Waals surface area contributed by atoms with Gasteiger partial charge in [0.05, 0.1) is 28.2 Å². The molecule has 6 N–H and O–H groups in total. The SMILES string of the molecule is Cc1nn(-c2ccc(C(N)=O)c(N[C@H]3CC[C@H](OC(=O)CNC(=O)CCN)CC3)c2)c2c1C(=O)CC(C)(C)C2. The number of benzene rings is 1. The fraction of sp³-hybridized carbons (Fsp3) is 0.536. The summed E-state index contributed by atoms with van der Waals surface area (Å²) in [6, 6.07) is 5.39. The highest BCUT2D eigenvalue weighted by molar-refractivity contribution is 6.00. The summed E-state index contributed by atoms with van der Waals surface area (Å²) in [5.41, 5.74) is 14.8. The lowest BCUT2D eigenvalue weighted by Crippen LogP contribution is -2.36. The van der Waals surface area contributed by atoms with Crippen LogP contribution in [0.1, 0.15) is 84.5 Å². The first kappa shape index (κ1) is 28.3. The highest BCUT2D eigenvalue weighted by Gasteiger charge is 2.36. The largest absolute Gasteiger partial charge is 0.461 e. The van der Waals surface area contributed by atoms with Crippen molar-refractivity contribution in [2.75, 3.05) is 18.4 Å². The van der Waals surface area contributed by atoms with Crippen molar-refractivity contribution in [2.45, 2.75) is 77.9 Å². The van der Waals surface area contributed by atoms with Crippen LogP contribution in [-0.2, 0) is 20.7 Å². The molecule has 4 rings (SSSR count). The van der Waals surface area contributed by atoms with E-state index in [0.717, 1.165) is 24.2 Å². The van der Waals surface area contributed by atoms with Gasteiger partial charge in [-0.15, -0.1) is 0 Å². The Balaban J connectivity index is 1.45. The Labute approximate surface area is 228 Å². The fourth-order valence-electron chi connectivity index (χ4n) is 5.51. The first-order valence-electron chi connectivity index (χ1n) is 13.5. The summed E-state index contributed by atoms with van der Waals surface area (Å²) in [7, 11) is 0. The van der Waals surface area contributed by atoms with E-state index < -0.39 is 11.9 Å². The predicted molar refractivity (Wildman–Crippen MR) is 146 cm³/mol. The van der Waals surface area contributed by atoms with E-state index in [1.165, 1.54) is 0 Å². The van der Waals surface area contributed by atoms with Crippen LogP contribution in [0.2, 0.25) is 0 Å². The fourth-order valence-corrected chi connectivity index (χ4v) is 5.51. The van der Waals surface area contributed by atoms with Gasteiger partial charge in [-0.05, 0) is 62.6 Å². The van der Waals surface area contributed by atoms with Crippen molar-refractivity contribution < 1.29 is 23.9 Å². The van der Waals surface area contributed by atoms with Crippen molar-refractivity contribution in [1.82, 2.24) is 15.1 Å². The minimum Gasteiger partial charge on any atom is -0.461 e. The lowest BCUT2D eigenvalue weighted by Gasteiger charge is -2.30. The number of rotatable bonds is 9. The van der Waals surface area contributed by atoms with Gasteiger partial charge in [0.2, 0.25) is 5.91 Å². The van der Waals surface area contributed by atoms with E-state index in [-0.39, 0.29) is 48.8 Å². The topological polar surface area (TPSA) is 171 Å². The molecule has 0 spiro atoms. The maximum Gasteiger partial charge on any atom is 0.325 e. The Kier molecular flexibility index (Phi) is 8.39. The zero-order valence-electron chi connectivity index (χ0n) is 22.8. The molecule has 0 bridgehead atoms. The van der Waals surface area contributed by atoms with Gasteiger partial charge < -0.3 is 26.8 Å². The van der Waals surface area contributed by atoms with E-state index >= 15 is 0 Å². The molecule has 2 amide bonds. The van der Waals surface area contributed by atoms with Crippen molar-refractivity contribution in [1.29, 1.82) is 0 Å². The molecule has 210 valence electrons. The van der Waals surface area contributed by atoms with Crippen LogP contribution >= 0.6 is 0 Å². The Morgan fingerprint density at radius 1 is 1.15 bits per heavy atom. The van der Waals surface area contributed by atoms with E-state index in [1.807, 2.05) is 17.7 Å². The van der Waals surface area contributed by atoms with Crippen LogP contribution < -0.4 is 22.1 Å². The Hall–Kier alpha value is -3.73. The number of esters is 1. The van der Waals surface area contributed by atoms with Gasteiger partial charge in [0.25, 0.3) is 5.91 Å². The number of carbonyl (C=O) groups excluding carboxylic acids is 4. The molecule has 2 aliphatic rings. The number of aromatic nitrogens is 2. The third kappa shape index (κ3) is 6.65. The number of hydrogen-bond donors (Lipinski definition) is 4. The molecule has 0 radical (unpaired) electrons. The van der Waals surface area contributed by atoms with Gasteiger partial charge in [-0.2, -0.15) is 5.10 Å². The Bertz CT molecular complexity index is 1280. The van der Waals surface area contributed by atoms with Gasteiger partial charge in [-0.3, -0.25) is 19.2 Å². The van der Waals surface area contributed by atoms with Crippen LogP contribution in [0.5, 0.6) is 0 Å². The van der Waals surface area contributed by atoms with Gasteiger partial charge >= 0.3 is 5.97 Å². The number of Topliss-reactive ketones (excluding diaryl/α,β-unsaturated/α-hetero) is 1. The number of carbonyl (C=O) groups is 4. The molecule has 1 aromatic heterocycles. The number of ether oxygens (including phenoxy) is 1. The minimum atomic E-state index is -0.543. The summed E-state index contributed by atoms with van der Waals surface area (Å²) in [5.74, 6) is -1.19. The number of fused-ring (bicyclic) bond motifs is 1. The highest BCUT2D eigenvalue weighted by Crippen LogP contribution is 2.37. The highest BCUT2D eigenvalue weighted by atomic mass is 16.5. The maximum atomic E-state index is 12.8. The van der Waals surface area contributed by atoms with Crippen molar-refractivity contribution in [3.63, 3.8) is 0 Å². The summed E-state index contributed by atoms with van der Waals surface area (Å²) < 4.78 is 7.32. The molecular formula is C28H38N6O5. The maximum absolute atomic E-state index is 12.8. The molecular weight excluding hydrogens is 500 g/mol. The summed E-state index contributed by atoms with van der Waals surface area (Å²) in [6.45, 7) is 6.05.